The number of aromatic nitrogens is 1. The molecule has 0 aliphatic rings. The third-order valence-corrected chi connectivity index (χ3v) is 4.35. The number of benzene rings is 2. The Morgan fingerprint density at radius 3 is 2.14 bits per heavy atom. The molecule has 0 bridgehead atoms. The van der Waals surface area contributed by atoms with E-state index in [-0.39, 0.29) is 12.0 Å². The highest BCUT2D eigenvalue weighted by molar-refractivity contribution is 6.04. The van der Waals surface area contributed by atoms with Gasteiger partial charge >= 0.3 is 0 Å². The van der Waals surface area contributed by atoms with Crippen molar-refractivity contribution in [3.8, 4) is 5.75 Å². The van der Waals surface area contributed by atoms with Crippen molar-refractivity contribution >= 4 is 23.0 Å². The van der Waals surface area contributed by atoms with E-state index in [4.69, 9.17) is 4.74 Å². The predicted octanol–water partition coefficient (Wildman–Crippen LogP) is 5.99. The summed E-state index contributed by atoms with van der Waals surface area (Å²) in [5.74, 6) is 1.08. The lowest BCUT2D eigenvalue weighted by Gasteiger charge is -2.12. The lowest BCUT2D eigenvalue weighted by molar-refractivity contribution is 0.102. The Kier molecular flexibility index (Phi) is 6.50. The molecule has 0 saturated carbocycles. The van der Waals surface area contributed by atoms with Gasteiger partial charge in [0.1, 0.15) is 5.75 Å². The second kappa shape index (κ2) is 9.24. The Bertz CT molecular complexity index is 949. The molecule has 0 aliphatic carbocycles. The molecule has 0 fully saturated rings. The molecule has 1 aromatic heterocycles. The van der Waals surface area contributed by atoms with Crippen molar-refractivity contribution in [3.05, 3.63) is 78.1 Å². The average Bonchev–Trinajstić information content (AvgIpc) is 2.70. The number of anilines is 3. The summed E-state index contributed by atoms with van der Waals surface area (Å²) in [5, 5.41) is 6.18. The van der Waals surface area contributed by atoms with E-state index in [0.717, 1.165) is 22.8 Å². The third-order valence-electron chi connectivity index (χ3n) is 4.35. The summed E-state index contributed by atoms with van der Waals surface area (Å²) in [6.07, 6.45) is 3.38. The maximum absolute atomic E-state index is 12.6. The quantitative estimate of drug-likeness (QED) is 0.521. The van der Waals surface area contributed by atoms with Gasteiger partial charge in [-0.1, -0.05) is 26.0 Å². The average molecular weight is 389 g/mol. The van der Waals surface area contributed by atoms with E-state index in [2.05, 4.69) is 29.5 Å². The van der Waals surface area contributed by atoms with Crippen LogP contribution in [0.2, 0.25) is 0 Å². The molecule has 1 amide bonds. The van der Waals surface area contributed by atoms with Crippen molar-refractivity contribution in [2.45, 2.75) is 39.7 Å². The van der Waals surface area contributed by atoms with Gasteiger partial charge in [0.2, 0.25) is 0 Å². The van der Waals surface area contributed by atoms with E-state index in [9.17, 15) is 4.79 Å². The Morgan fingerprint density at radius 1 is 0.862 bits per heavy atom. The van der Waals surface area contributed by atoms with Crippen LogP contribution in [0.25, 0.3) is 0 Å². The van der Waals surface area contributed by atoms with Crippen LogP contribution >= 0.6 is 0 Å². The minimum atomic E-state index is -0.195. The zero-order valence-corrected chi connectivity index (χ0v) is 17.3. The largest absolute Gasteiger partial charge is 0.491 e. The van der Waals surface area contributed by atoms with Crippen molar-refractivity contribution in [1.82, 2.24) is 4.98 Å². The molecule has 0 atom stereocenters. The molecular formula is C24H27N3O2. The summed E-state index contributed by atoms with van der Waals surface area (Å²) in [5.41, 5.74) is 4.12. The SMILES string of the molecule is CC(C)Oc1ccc(Nc2cncc(C(=O)Nc3ccc(C(C)C)cc3)c2)cc1. The molecule has 0 aliphatic heterocycles. The second-order valence-corrected chi connectivity index (χ2v) is 7.51. The number of carbonyl (C=O) groups is 1. The number of amides is 1. The van der Waals surface area contributed by atoms with Gasteiger partial charge in [-0.3, -0.25) is 9.78 Å². The molecule has 0 saturated heterocycles. The summed E-state index contributed by atoms with van der Waals surface area (Å²) in [4.78, 5) is 16.8. The summed E-state index contributed by atoms with van der Waals surface area (Å²) in [6.45, 7) is 8.27. The molecule has 5 heteroatoms. The molecule has 2 aromatic carbocycles. The van der Waals surface area contributed by atoms with Crippen LogP contribution in [0.3, 0.4) is 0 Å². The molecule has 2 N–H and O–H groups in total. The van der Waals surface area contributed by atoms with E-state index in [1.807, 2.05) is 62.4 Å². The van der Waals surface area contributed by atoms with Crippen LogP contribution in [0.1, 0.15) is 49.5 Å². The van der Waals surface area contributed by atoms with E-state index in [1.165, 1.54) is 5.56 Å². The van der Waals surface area contributed by atoms with Crippen molar-refractivity contribution in [2.75, 3.05) is 10.6 Å². The Hall–Kier alpha value is -3.34. The van der Waals surface area contributed by atoms with E-state index in [1.54, 1.807) is 18.5 Å². The fourth-order valence-corrected chi connectivity index (χ4v) is 2.84. The van der Waals surface area contributed by atoms with Gasteiger partial charge in [-0.2, -0.15) is 0 Å². The highest BCUT2D eigenvalue weighted by atomic mass is 16.5. The van der Waals surface area contributed by atoms with Gasteiger partial charge in [0, 0.05) is 17.6 Å². The number of ether oxygens (including phenoxy) is 1. The van der Waals surface area contributed by atoms with E-state index in [0.29, 0.717) is 11.5 Å². The number of pyridine rings is 1. The third kappa shape index (κ3) is 5.82. The van der Waals surface area contributed by atoms with Gasteiger partial charge < -0.3 is 15.4 Å². The fourth-order valence-electron chi connectivity index (χ4n) is 2.84. The maximum atomic E-state index is 12.6. The topological polar surface area (TPSA) is 63.2 Å². The molecule has 1 heterocycles. The highest BCUT2D eigenvalue weighted by Crippen LogP contribution is 2.22. The predicted molar refractivity (Wildman–Crippen MR) is 118 cm³/mol. The number of nitrogens with one attached hydrogen (secondary N) is 2. The molecule has 0 unspecified atom stereocenters. The van der Waals surface area contributed by atoms with Crippen molar-refractivity contribution in [1.29, 1.82) is 0 Å². The Morgan fingerprint density at radius 2 is 1.52 bits per heavy atom. The van der Waals surface area contributed by atoms with Crippen LogP contribution in [0, 0.1) is 0 Å². The minimum Gasteiger partial charge on any atom is -0.491 e. The van der Waals surface area contributed by atoms with Crippen molar-refractivity contribution in [2.24, 2.45) is 0 Å². The first kappa shape index (κ1) is 20.4. The molecule has 3 aromatic rings. The van der Waals surface area contributed by atoms with Crippen LogP contribution in [0.4, 0.5) is 17.1 Å². The van der Waals surface area contributed by atoms with Gasteiger partial charge in [-0.05, 0) is 67.8 Å². The van der Waals surface area contributed by atoms with Crippen LogP contribution < -0.4 is 15.4 Å². The molecule has 29 heavy (non-hydrogen) atoms. The second-order valence-electron chi connectivity index (χ2n) is 7.51. The molecule has 5 nitrogen and oxygen atoms in total. The van der Waals surface area contributed by atoms with Gasteiger partial charge in [0.25, 0.3) is 5.91 Å². The van der Waals surface area contributed by atoms with Gasteiger partial charge in [0.05, 0.1) is 23.6 Å². The van der Waals surface area contributed by atoms with Crippen LogP contribution in [-0.2, 0) is 0 Å². The number of hydrogen-bond acceptors (Lipinski definition) is 4. The monoisotopic (exact) mass is 389 g/mol. The van der Waals surface area contributed by atoms with E-state index >= 15 is 0 Å². The molecule has 3 rings (SSSR count). The molecule has 0 spiro atoms. The smallest absolute Gasteiger partial charge is 0.257 e. The summed E-state index contributed by atoms with van der Waals surface area (Å²) < 4.78 is 5.65. The number of nitrogens with zero attached hydrogens (tertiary/aromatic N) is 1. The zero-order valence-electron chi connectivity index (χ0n) is 17.3. The first-order valence-corrected chi connectivity index (χ1v) is 9.81. The minimum absolute atomic E-state index is 0.134. The number of hydrogen-bond donors (Lipinski definition) is 2. The summed E-state index contributed by atoms with van der Waals surface area (Å²) >= 11 is 0. The van der Waals surface area contributed by atoms with Gasteiger partial charge in [0.15, 0.2) is 0 Å². The first-order chi connectivity index (χ1) is 13.9. The van der Waals surface area contributed by atoms with Crippen LogP contribution in [-0.4, -0.2) is 17.0 Å². The summed E-state index contributed by atoms with van der Waals surface area (Å²) in [6, 6.07) is 17.4. The van der Waals surface area contributed by atoms with Crippen molar-refractivity contribution in [3.63, 3.8) is 0 Å². The number of carbonyl (C=O) groups excluding carboxylic acids is 1. The lowest BCUT2D eigenvalue weighted by Crippen LogP contribution is -2.12. The van der Waals surface area contributed by atoms with Crippen LogP contribution in [0.5, 0.6) is 5.75 Å². The van der Waals surface area contributed by atoms with E-state index < -0.39 is 0 Å². The first-order valence-electron chi connectivity index (χ1n) is 9.81. The molecule has 0 radical (unpaired) electrons. The molecular weight excluding hydrogens is 362 g/mol. The maximum Gasteiger partial charge on any atom is 0.257 e. The zero-order chi connectivity index (χ0) is 20.8. The standard InChI is InChI=1S/C24H27N3O2/c1-16(2)18-5-7-21(8-6-18)27-24(28)19-13-22(15-25-14-19)26-20-9-11-23(12-10-20)29-17(3)4/h5-17,26H,1-4H3,(H,27,28). The Balaban J connectivity index is 1.66. The van der Waals surface area contributed by atoms with Crippen molar-refractivity contribution < 1.29 is 9.53 Å². The van der Waals surface area contributed by atoms with Crippen LogP contribution in [0.15, 0.2) is 67.0 Å². The lowest BCUT2D eigenvalue weighted by atomic mass is 10.0. The Labute approximate surface area is 172 Å². The fraction of sp³-hybridized carbons (Fsp3) is 0.250. The number of rotatable bonds is 7. The normalized spacial score (nSPS) is 10.8. The summed E-state index contributed by atoms with van der Waals surface area (Å²) in [7, 11) is 0. The molecule has 150 valence electrons. The van der Waals surface area contributed by atoms with Gasteiger partial charge in [-0.15, -0.1) is 0 Å². The van der Waals surface area contributed by atoms with Gasteiger partial charge in [-0.25, -0.2) is 0 Å². The highest BCUT2D eigenvalue weighted by Gasteiger charge is 2.09.